The summed E-state index contributed by atoms with van der Waals surface area (Å²) in [5, 5.41) is 0. The van der Waals surface area contributed by atoms with Crippen LogP contribution in [0.2, 0.25) is 0 Å². The molecule has 1 rings (SSSR count). The first-order chi connectivity index (χ1) is 8.65. The van der Waals surface area contributed by atoms with E-state index in [2.05, 4.69) is 0 Å². The summed E-state index contributed by atoms with van der Waals surface area (Å²) in [7, 11) is 0. The number of carbonyl (C=O) groups is 3. The van der Waals surface area contributed by atoms with Gasteiger partial charge in [-0.2, -0.15) is 0 Å². The van der Waals surface area contributed by atoms with Gasteiger partial charge in [-0.15, -0.1) is 0 Å². The standard InChI is InChI=1S/C13H14FNO3/c1-10-4-2-3-5-12(10)13(18)15(9-17)11(8-14)6-7-16/h2-5,7,9,11H,6,8H2,1H3/t11-/m0/s1. The number of amides is 2. The van der Waals surface area contributed by atoms with E-state index in [1.807, 2.05) is 0 Å². The van der Waals surface area contributed by atoms with E-state index in [4.69, 9.17) is 0 Å². The Morgan fingerprint density at radius 1 is 1.39 bits per heavy atom. The molecule has 0 spiro atoms. The zero-order chi connectivity index (χ0) is 13.5. The number of hydrogen-bond donors (Lipinski definition) is 0. The molecular formula is C13H14FNO3. The molecule has 1 aromatic carbocycles. The lowest BCUT2D eigenvalue weighted by atomic mass is 10.1. The van der Waals surface area contributed by atoms with Gasteiger partial charge in [-0.3, -0.25) is 14.5 Å². The van der Waals surface area contributed by atoms with Crippen molar-refractivity contribution in [3.63, 3.8) is 0 Å². The summed E-state index contributed by atoms with van der Waals surface area (Å²) >= 11 is 0. The third-order valence-electron chi connectivity index (χ3n) is 2.66. The van der Waals surface area contributed by atoms with Crippen molar-refractivity contribution in [2.45, 2.75) is 19.4 Å². The Bertz CT molecular complexity index is 448. The summed E-state index contributed by atoms with van der Waals surface area (Å²) < 4.78 is 12.7. The lowest BCUT2D eigenvalue weighted by Crippen LogP contribution is -2.41. The molecule has 0 aliphatic carbocycles. The van der Waals surface area contributed by atoms with E-state index in [1.165, 1.54) is 0 Å². The van der Waals surface area contributed by atoms with Crippen LogP contribution in [0.1, 0.15) is 22.3 Å². The van der Waals surface area contributed by atoms with Gasteiger partial charge in [0.25, 0.3) is 5.91 Å². The average molecular weight is 251 g/mol. The van der Waals surface area contributed by atoms with Gasteiger partial charge in [0, 0.05) is 12.0 Å². The number of imide groups is 1. The van der Waals surface area contributed by atoms with Crippen molar-refractivity contribution in [3.05, 3.63) is 35.4 Å². The van der Waals surface area contributed by atoms with Crippen molar-refractivity contribution in [1.29, 1.82) is 0 Å². The van der Waals surface area contributed by atoms with E-state index >= 15 is 0 Å². The molecule has 0 unspecified atom stereocenters. The van der Waals surface area contributed by atoms with Crippen LogP contribution in [0.15, 0.2) is 24.3 Å². The quantitative estimate of drug-likeness (QED) is 0.720. The number of halogens is 1. The molecule has 0 bridgehead atoms. The monoisotopic (exact) mass is 251 g/mol. The molecule has 18 heavy (non-hydrogen) atoms. The van der Waals surface area contributed by atoms with Crippen LogP contribution in [0.5, 0.6) is 0 Å². The lowest BCUT2D eigenvalue weighted by molar-refractivity contribution is -0.118. The third kappa shape index (κ3) is 3.00. The van der Waals surface area contributed by atoms with E-state index in [-0.39, 0.29) is 12.8 Å². The maximum absolute atomic E-state index is 12.7. The number of nitrogens with zero attached hydrogens (tertiary/aromatic N) is 1. The van der Waals surface area contributed by atoms with Crippen molar-refractivity contribution < 1.29 is 18.8 Å². The third-order valence-corrected chi connectivity index (χ3v) is 2.66. The van der Waals surface area contributed by atoms with Gasteiger partial charge in [-0.05, 0) is 18.6 Å². The second-order valence-corrected chi connectivity index (χ2v) is 3.84. The van der Waals surface area contributed by atoms with E-state index < -0.39 is 18.6 Å². The summed E-state index contributed by atoms with van der Waals surface area (Å²) in [6.45, 7) is 0.787. The minimum atomic E-state index is -1.04. The van der Waals surface area contributed by atoms with Gasteiger partial charge in [0.2, 0.25) is 6.41 Å². The largest absolute Gasteiger partial charge is 0.303 e. The zero-order valence-corrected chi connectivity index (χ0v) is 10.0. The molecule has 1 atom stereocenters. The summed E-state index contributed by atoms with van der Waals surface area (Å²) in [6, 6.07) is 5.67. The predicted octanol–water partition coefficient (Wildman–Crippen LogP) is 1.52. The Morgan fingerprint density at radius 3 is 2.56 bits per heavy atom. The van der Waals surface area contributed by atoms with Crippen molar-refractivity contribution >= 4 is 18.6 Å². The minimum Gasteiger partial charge on any atom is -0.303 e. The van der Waals surface area contributed by atoms with Crippen LogP contribution in [0, 0.1) is 6.92 Å². The number of aldehydes is 1. The fourth-order valence-electron chi connectivity index (χ4n) is 1.61. The van der Waals surface area contributed by atoms with Crippen LogP contribution >= 0.6 is 0 Å². The maximum Gasteiger partial charge on any atom is 0.260 e. The fraction of sp³-hybridized carbons (Fsp3) is 0.308. The molecule has 0 aliphatic rings. The molecule has 0 heterocycles. The maximum atomic E-state index is 12.7. The van der Waals surface area contributed by atoms with Crippen molar-refractivity contribution in [1.82, 2.24) is 4.90 Å². The van der Waals surface area contributed by atoms with Gasteiger partial charge in [0.15, 0.2) is 0 Å². The highest BCUT2D eigenvalue weighted by molar-refractivity contribution is 6.01. The predicted molar refractivity (Wildman–Crippen MR) is 63.9 cm³/mol. The van der Waals surface area contributed by atoms with E-state index in [0.29, 0.717) is 17.4 Å². The first-order valence-electron chi connectivity index (χ1n) is 5.48. The minimum absolute atomic E-state index is 0.202. The fourth-order valence-corrected chi connectivity index (χ4v) is 1.61. The molecule has 96 valence electrons. The summed E-state index contributed by atoms with van der Waals surface area (Å²) in [5.74, 6) is -0.590. The number of benzene rings is 1. The van der Waals surface area contributed by atoms with Crippen molar-refractivity contribution in [2.24, 2.45) is 0 Å². The van der Waals surface area contributed by atoms with Gasteiger partial charge in [0.1, 0.15) is 13.0 Å². The molecule has 0 saturated carbocycles. The molecule has 4 nitrogen and oxygen atoms in total. The van der Waals surface area contributed by atoms with Crippen molar-refractivity contribution in [2.75, 3.05) is 6.67 Å². The van der Waals surface area contributed by atoms with Gasteiger partial charge >= 0.3 is 0 Å². The van der Waals surface area contributed by atoms with Crippen LogP contribution in [-0.4, -0.2) is 36.2 Å². The number of carbonyl (C=O) groups excluding carboxylic acids is 3. The molecule has 0 N–H and O–H groups in total. The molecule has 5 heteroatoms. The number of hydrogen-bond acceptors (Lipinski definition) is 3. The Morgan fingerprint density at radius 2 is 2.06 bits per heavy atom. The lowest BCUT2D eigenvalue weighted by Gasteiger charge is -2.23. The van der Waals surface area contributed by atoms with Gasteiger partial charge < -0.3 is 4.79 Å². The van der Waals surface area contributed by atoms with Crippen LogP contribution < -0.4 is 0 Å². The van der Waals surface area contributed by atoms with Crippen LogP contribution in [0.3, 0.4) is 0 Å². The number of rotatable bonds is 6. The Balaban J connectivity index is 3.02. The topological polar surface area (TPSA) is 54.5 Å². The van der Waals surface area contributed by atoms with E-state index in [1.54, 1.807) is 31.2 Å². The second-order valence-electron chi connectivity index (χ2n) is 3.84. The van der Waals surface area contributed by atoms with Crippen molar-refractivity contribution in [3.8, 4) is 0 Å². The Kier molecular flexibility index (Phi) is 5.17. The Labute approximate surface area is 104 Å². The van der Waals surface area contributed by atoms with Crippen LogP contribution in [0.4, 0.5) is 4.39 Å². The van der Waals surface area contributed by atoms with Crippen LogP contribution in [0.25, 0.3) is 0 Å². The van der Waals surface area contributed by atoms with E-state index in [0.717, 1.165) is 4.90 Å². The Hall–Kier alpha value is -2.04. The molecule has 1 aromatic rings. The second kappa shape index (κ2) is 6.64. The highest BCUT2D eigenvalue weighted by Gasteiger charge is 2.24. The summed E-state index contributed by atoms with van der Waals surface area (Å²) in [6.07, 6.45) is 0.557. The van der Waals surface area contributed by atoms with Crippen LogP contribution in [-0.2, 0) is 9.59 Å². The van der Waals surface area contributed by atoms with Gasteiger partial charge in [-0.1, -0.05) is 18.2 Å². The SMILES string of the molecule is Cc1ccccc1C(=O)N(C=O)[C@H](CF)CC=O. The normalized spacial score (nSPS) is 11.7. The molecule has 0 aliphatic heterocycles. The highest BCUT2D eigenvalue weighted by Crippen LogP contribution is 2.13. The average Bonchev–Trinajstić information content (AvgIpc) is 2.38. The highest BCUT2D eigenvalue weighted by atomic mass is 19.1. The van der Waals surface area contributed by atoms with Gasteiger partial charge in [0.05, 0.1) is 6.04 Å². The smallest absolute Gasteiger partial charge is 0.260 e. The first kappa shape index (κ1) is 14.0. The van der Waals surface area contributed by atoms with E-state index in [9.17, 15) is 18.8 Å². The first-order valence-corrected chi connectivity index (χ1v) is 5.48. The summed E-state index contributed by atoms with van der Waals surface area (Å²) in [5.41, 5.74) is 1.02. The van der Waals surface area contributed by atoms with Gasteiger partial charge in [-0.25, -0.2) is 4.39 Å². The number of aryl methyl sites for hydroxylation is 1. The number of alkyl halides is 1. The molecule has 0 aromatic heterocycles. The molecule has 0 fully saturated rings. The summed E-state index contributed by atoms with van der Waals surface area (Å²) in [4.78, 5) is 34.1. The zero-order valence-electron chi connectivity index (χ0n) is 10.0. The molecule has 2 amide bonds. The molecule has 0 saturated heterocycles. The molecular weight excluding hydrogens is 237 g/mol. The molecule has 0 radical (unpaired) electrons.